The molecule has 0 bridgehead atoms. The van der Waals surface area contributed by atoms with E-state index in [9.17, 15) is 13.6 Å². The minimum absolute atomic E-state index is 0.0235. The van der Waals surface area contributed by atoms with Crippen LogP contribution in [0.1, 0.15) is 49.8 Å². The number of H-pyrrole nitrogens is 1. The van der Waals surface area contributed by atoms with E-state index < -0.39 is 11.8 Å². The Bertz CT molecular complexity index is 576. The molecule has 134 valence electrons. The maximum atomic E-state index is 13.0. The first-order chi connectivity index (χ1) is 11.6. The summed E-state index contributed by atoms with van der Waals surface area (Å²) in [4.78, 5) is 18.5. The Morgan fingerprint density at radius 3 is 2.96 bits per heavy atom. The first kappa shape index (κ1) is 17.1. The second kappa shape index (κ2) is 7.00. The number of rotatable bonds is 6. The molecule has 2 N–H and O–H groups in total. The van der Waals surface area contributed by atoms with Crippen molar-refractivity contribution in [3.63, 3.8) is 0 Å². The van der Waals surface area contributed by atoms with Crippen LogP contribution in [0.2, 0.25) is 0 Å². The molecule has 2 aliphatic rings. The van der Waals surface area contributed by atoms with E-state index in [1.54, 1.807) is 12.0 Å². The number of hydrogen-bond donors (Lipinski definition) is 2. The zero-order valence-electron chi connectivity index (χ0n) is 13.7. The van der Waals surface area contributed by atoms with Gasteiger partial charge in [0.25, 0.3) is 0 Å². The third-order valence-corrected chi connectivity index (χ3v) is 4.84. The SMILES string of the molecule is COCc1nc(C2CCCCN2C(=O)NCC2(C(F)F)CC2)n[nH]1. The summed E-state index contributed by atoms with van der Waals surface area (Å²) in [5.74, 6) is 1.15. The topological polar surface area (TPSA) is 83.1 Å². The van der Waals surface area contributed by atoms with Crippen LogP contribution >= 0.6 is 0 Å². The van der Waals surface area contributed by atoms with Crippen LogP contribution in [-0.2, 0) is 11.3 Å². The number of amides is 2. The number of nitrogens with zero attached hydrogens (tertiary/aromatic N) is 3. The molecule has 1 unspecified atom stereocenters. The summed E-state index contributed by atoms with van der Waals surface area (Å²) in [5.41, 5.74) is -1.02. The largest absolute Gasteiger partial charge is 0.377 e. The summed E-state index contributed by atoms with van der Waals surface area (Å²) < 4.78 is 31.0. The highest BCUT2D eigenvalue weighted by Crippen LogP contribution is 2.50. The number of nitrogens with one attached hydrogen (secondary N) is 2. The summed E-state index contributed by atoms with van der Waals surface area (Å²) in [6.45, 7) is 0.921. The maximum Gasteiger partial charge on any atom is 0.318 e. The van der Waals surface area contributed by atoms with Gasteiger partial charge in [0.1, 0.15) is 6.61 Å². The van der Waals surface area contributed by atoms with Gasteiger partial charge in [-0.1, -0.05) is 0 Å². The molecule has 24 heavy (non-hydrogen) atoms. The third-order valence-electron chi connectivity index (χ3n) is 4.84. The van der Waals surface area contributed by atoms with Gasteiger partial charge in [0.2, 0.25) is 6.43 Å². The lowest BCUT2D eigenvalue weighted by Gasteiger charge is -2.34. The molecule has 0 spiro atoms. The van der Waals surface area contributed by atoms with Gasteiger partial charge in [-0.3, -0.25) is 5.10 Å². The Labute approximate surface area is 139 Å². The van der Waals surface area contributed by atoms with E-state index in [4.69, 9.17) is 4.74 Å². The van der Waals surface area contributed by atoms with Crippen molar-refractivity contribution in [2.24, 2.45) is 5.41 Å². The molecule has 2 amide bonds. The number of carbonyl (C=O) groups excluding carboxylic acids is 1. The number of likely N-dealkylation sites (tertiary alicyclic amines) is 1. The average molecular weight is 343 g/mol. The standard InChI is InChI=1S/C15H23F2N5O2/c1-24-8-11-19-12(21-20-11)10-4-2-3-7-22(10)14(23)18-9-15(5-6-15)13(16)17/h10,13H,2-9H2,1H3,(H,18,23)(H,19,20,21). The minimum Gasteiger partial charge on any atom is -0.377 e. The molecular weight excluding hydrogens is 320 g/mol. The van der Waals surface area contributed by atoms with Crippen molar-refractivity contribution >= 4 is 6.03 Å². The van der Waals surface area contributed by atoms with Crippen LogP contribution < -0.4 is 5.32 Å². The lowest BCUT2D eigenvalue weighted by molar-refractivity contribution is 0.0606. The van der Waals surface area contributed by atoms with Crippen molar-refractivity contribution in [2.75, 3.05) is 20.2 Å². The molecule has 1 atom stereocenters. The number of alkyl halides is 2. The lowest BCUT2D eigenvalue weighted by atomic mass is 10.0. The Kier molecular flexibility index (Phi) is 4.98. The highest BCUT2D eigenvalue weighted by Gasteiger charge is 2.51. The van der Waals surface area contributed by atoms with Crippen molar-refractivity contribution in [3.8, 4) is 0 Å². The van der Waals surface area contributed by atoms with E-state index in [1.807, 2.05) is 0 Å². The van der Waals surface area contributed by atoms with Crippen LogP contribution in [0.15, 0.2) is 0 Å². The van der Waals surface area contributed by atoms with Crippen molar-refractivity contribution in [1.29, 1.82) is 0 Å². The molecule has 1 aromatic rings. The number of piperidine rings is 1. The molecule has 1 aliphatic heterocycles. The normalized spacial score (nSPS) is 22.7. The zero-order valence-corrected chi connectivity index (χ0v) is 13.7. The number of hydrogen-bond acceptors (Lipinski definition) is 4. The number of carbonyl (C=O) groups is 1. The van der Waals surface area contributed by atoms with Crippen LogP contribution in [-0.4, -0.2) is 52.7 Å². The number of ether oxygens (including phenoxy) is 1. The van der Waals surface area contributed by atoms with E-state index in [0.29, 0.717) is 37.6 Å². The van der Waals surface area contributed by atoms with Crippen LogP contribution in [0.5, 0.6) is 0 Å². The Morgan fingerprint density at radius 2 is 2.29 bits per heavy atom. The predicted octanol–water partition coefficient (Wildman–Crippen LogP) is 2.23. The van der Waals surface area contributed by atoms with E-state index in [1.165, 1.54) is 0 Å². The molecule has 1 saturated heterocycles. The second-order valence-electron chi connectivity index (χ2n) is 6.60. The highest BCUT2D eigenvalue weighted by atomic mass is 19.3. The Balaban J connectivity index is 1.64. The molecule has 0 aromatic carbocycles. The van der Waals surface area contributed by atoms with Gasteiger partial charge in [-0.05, 0) is 32.1 Å². The minimum atomic E-state index is -2.39. The summed E-state index contributed by atoms with van der Waals surface area (Å²) in [5, 5.41) is 9.67. The molecule has 7 nitrogen and oxygen atoms in total. The molecular formula is C15H23F2N5O2. The molecule has 9 heteroatoms. The Morgan fingerprint density at radius 1 is 1.50 bits per heavy atom. The predicted molar refractivity (Wildman–Crippen MR) is 81.5 cm³/mol. The van der Waals surface area contributed by atoms with Crippen molar-refractivity contribution in [3.05, 3.63) is 11.6 Å². The summed E-state index contributed by atoms with van der Waals surface area (Å²) in [7, 11) is 1.57. The van der Waals surface area contributed by atoms with Gasteiger partial charge < -0.3 is 15.0 Å². The second-order valence-corrected chi connectivity index (χ2v) is 6.60. The number of aromatic nitrogens is 3. The van der Waals surface area contributed by atoms with Crippen LogP contribution in [0, 0.1) is 5.41 Å². The van der Waals surface area contributed by atoms with E-state index in [2.05, 4.69) is 20.5 Å². The van der Waals surface area contributed by atoms with E-state index in [0.717, 1.165) is 19.3 Å². The molecule has 0 radical (unpaired) electrons. The van der Waals surface area contributed by atoms with E-state index >= 15 is 0 Å². The van der Waals surface area contributed by atoms with E-state index in [-0.39, 0.29) is 18.6 Å². The van der Waals surface area contributed by atoms with Gasteiger partial charge in [0.05, 0.1) is 6.04 Å². The van der Waals surface area contributed by atoms with Crippen LogP contribution in [0.3, 0.4) is 0 Å². The van der Waals surface area contributed by atoms with Crippen molar-refractivity contribution in [1.82, 2.24) is 25.4 Å². The fourth-order valence-corrected chi connectivity index (χ4v) is 3.09. The van der Waals surface area contributed by atoms with Gasteiger partial charge in [0, 0.05) is 25.6 Å². The van der Waals surface area contributed by atoms with Gasteiger partial charge in [-0.2, -0.15) is 5.10 Å². The molecule has 3 rings (SSSR count). The maximum absolute atomic E-state index is 13.0. The summed E-state index contributed by atoms with van der Waals surface area (Å²) in [6, 6.07) is -0.549. The first-order valence-electron chi connectivity index (χ1n) is 8.28. The first-order valence-corrected chi connectivity index (χ1v) is 8.28. The highest BCUT2D eigenvalue weighted by molar-refractivity contribution is 5.74. The monoisotopic (exact) mass is 343 g/mol. The molecule has 2 heterocycles. The fourth-order valence-electron chi connectivity index (χ4n) is 3.09. The quantitative estimate of drug-likeness (QED) is 0.830. The average Bonchev–Trinajstić information content (AvgIpc) is 3.25. The molecule has 1 saturated carbocycles. The summed E-state index contributed by atoms with van der Waals surface area (Å²) in [6.07, 6.45) is 1.17. The molecule has 1 aromatic heterocycles. The van der Waals surface area contributed by atoms with Crippen LogP contribution in [0.4, 0.5) is 13.6 Å². The zero-order chi connectivity index (χ0) is 17.2. The molecule has 2 fully saturated rings. The summed E-state index contributed by atoms with van der Waals surface area (Å²) >= 11 is 0. The van der Waals surface area contributed by atoms with Crippen LogP contribution in [0.25, 0.3) is 0 Å². The van der Waals surface area contributed by atoms with Gasteiger partial charge in [0.15, 0.2) is 11.6 Å². The lowest BCUT2D eigenvalue weighted by Crippen LogP contribution is -2.47. The van der Waals surface area contributed by atoms with Gasteiger partial charge in [-0.25, -0.2) is 18.6 Å². The number of methoxy groups -OCH3 is 1. The molecule has 1 aliphatic carbocycles. The number of halogens is 2. The van der Waals surface area contributed by atoms with Gasteiger partial charge >= 0.3 is 6.03 Å². The van der Waals surface area contributed by atoms with Gasteiger partial charge in [-0.15, -0.1) is 0 Å². The van der Waals surface area contributed by atoms with Crippen molar-refractivity contribution < 1.29 is 18.3 Å². The van der Waals surface area contributed by atoms with Crippen molar-refractivity contribution in [2.45, 2.75) is 51.2 Å². The Hall–Kier alpha value is -1.77. The smallest absolute Gasteiger partial charge is 0.318 e. The third kappa shape index (κ3) is 3.50. The fraction of sp³-hybridized carbons (Fsp3) is 0.800. The number of urea groups is 1. The number of aromatic amines is 1.